The van der Waals surface area contributed by atoms with Crippen LogP contribution in [0.2, 0.25) is 0 Å². The highest BCUT2D eigenvalue weighted by Gasteiger charge is 2.32. The second-order valence-corrected chi connectivity index (χ2v) is 11.3. The summed E-state index contributed by atoms with van der Waals surface area (Å²) in [6, 6.07) is 13.8. The first-order valence-electron chi connectivity index (χ1n) is 10.9. The lowest BCUT2D eigenvalue weighted by Crippen LogP contribution is -2.37. The molecule has 2 N–H and O–H groups in total. The summed E-state index contributed by atoms with van der Waals surface area (Å²) in [5.41, 5.74) is 6.96. The summed E-state index contributed by atoms with van der Waals surface area (Å²) in [4.78, 5) is 0. The standard InChI is InChI=1S/C26H36N2O/c1-24(2,3)18-9-11-23-22(13-18)27-20(16-29-23)15-25(4,5)19-8-10-21-17(12-19)14-26(6,7)28-21/h8-13,20,27-28H,14-16H2,1-7H3. The van der Waals surface area contributed by atoms with Crippen molar-refractivity contribution >= 4 is 11.4 Å². The van der Waals surface area contributed by atoms with Crippen molar-refractivity contribution in [3.05, 3.63) is 53.1 Å². The Labute approximate surface area is 176 Å². The molecule has 2 aliphatic heterocycles. The molecule has 2 heterocycles. The number of fused-ring (bicyclic) bond motifs is 2. The van der Waals surface area contributed by atoms with Crippen LogP contribution >= 0.6 is 0 Å². The highest BCUT2D eigenvalue weighted by molar-refractivity contribution is 5.62. The third kappa shape index (κ3) is 4.10. The van der Waals surface area contributed by atoms with Crippen LogP contribution in [-0.2, 0) is 17.3 Å². The minimum atomic E-state index is 0.0714. The van der Waals surface area contributed by atoms with E-state index in [1.807, 2.05) is 0 Å². The molecule has 0 radical (unpaired) electrons. The van der Waals surface area contributed by atoms with E-state index in [1.54, 1.807) is 0 Å². The second-order valence-electron chi connectivity index (χ2n) is 11.3. The molecule has 3 nitrogen and oxygen atoms in total. The van der Waals surface area contributed by atoms with Crippen LogP contribution in [0.3, 0.4) is 0 Å². The molecule has 156 valence electrons. The Balaban J connectivity index is 1.51. The zero-order valence-electron chi connectivity index (χ0n) is 19.1. The largest absolute Gasteiger partial charge is 0.489 e. The maximum Gasteiger partial charge on any atom is 0.142 e. The number of nitrogens with one attached hydrogen (secondary N) is 2. The average molecular weight is 393 g/mol. The van der Waals surface area contributed by atoms with Crippen LogP contribution in [0.25, 0.3) is 0 Å². The second kappa shape index (κ2) is 6.68. The molecule has 0 saturated carbocycles. The summed E-state index contributed by atoms with van der Waals surface area (Å²) in [7, 11) is 0. The van der Waals surface area contributed by atoms with Gasteiger partial charge >= 0.3 is 0 Å². The fraction of sp³-hybridized carbons (Fsp3) is 0.538. The zero-order chi connectivity index (χ0) is 21.0. The van der Waals surface area contributed by atoms with E-state index >= 15 is 0 Å². The van der Waals surface area contributed by atoms with Gasteiger partial charge in [-0.05, 0) is 72.4 Å². The summed E-state index contributed by atoms with van der Waals surface area (Å²) in [5, 5.41) is 7.39. The van der Waals surface area contributed by atoms with Crippen LogP contribution in [0, 0.1) is 0 Å². The van der Waals surface area contributed by atoms with Crippen LogP contribution < -0.4 is 15.4 Å². The van der Waals surface area contributed by atoms with Gasteiger partial charge in [0, 0.05) is 11.2 Å². The van der Waals surface area contributed by atoms with Crippen LogP contribution in [0.4, 0.5) is 11.4 Å². The molecule has 0 spiro atoms. The number of hydrogen-bond acceptors (Lipinski definition) is 3. The first-order valence-corrected chi connectivity index (χ1v) is 10.9. The van der Waals surface area contributed by atoms with Gasteiger partial charge in [-0.2, -0.15) is 0 Å². The van der Waals surface area contributed by atoms with E-state index < -0.39 is 0 Å². The summed E-state index contributed by atoms with van der Waals surface area (Å²) >= 11 is 0. The molecule has 4 rings (SSSR count). The monoisotopic (exact) mass is 392 g/mol. The molecule has 3 heteroatoms. The first-order chi connectivity index (χ1) is 13.4. The number of benzene rings is 2. The van der Waals surface area contributed by atoms with Crippen molar-refractivity contribution in [3.8, 4) is 5.75 Å². The molecule has 2 aromatic carbocycles. The summed E-state index contributed by atoms with van der Waals surface area (Å²) < 4.78 is 6.11. The summed E-state index contributed by atoms with van der Waals surface area (Å²) in [6.07, 6.45) is 2.11. The molecule has 0 bridgehead atoms. The van der Waals surface area contributed by atoms with Crippen molar-refractivity contribution in [3.63, 3.8) is 0 Å². The lowest BCUT2D eigenvalue weighted by molar-refractivity contribution is 0.259. The molecule has 2 aliphatic rings. The van der Waals surface area contributed by atoms with Crippen LogP contribution in [0.5, 0.6) is 5.75 Å². The molecule has 0 amide bonds. The van der Waals surface area contributed by atoms with E-state index in [9.17, 15) is 0 Å². The van der Waals surface area contributed by atoms with Gasteiger partial charge in [-0.3, -0.25) is 0 Å². The third-order valence-corrected chi connectivity index (χ3v) is 6.39. The first kappa shape index (κ1) is 20.1. The lowest BCUT2D eigenvalue weighted by atomic mass is 9.78. The van der Waals surface area contributed by atoms with Gasteiger partial charge < -0.3 is 15.4 Å². The molecular formula is C26H36N2O. The SMILES string of the molecule is CC1(C)Cc2cc(C(C)(C)CC3COc4ccc(C(C)(C)C)cc4N3)ccc2N1. The Morgan fingerprint density at radius 2 is 1.69 bits per heavy atom. The highest BCUT2D eigenvalue weighted by Crippen LogP contribution is 2.39. The molecule has 0 fully saturated rings. The predicted octanol–water partition coefficient (Wildman–Crippen LogP) is 6.27. The molecule has 1 unspecified atom stereocenters. The minimum Gasteiger partial charge on any atom is -0.489 e. The average Bonchev–Trinajstić information content (AvgIpc) is 2.92. The summed E-state index contributed by atoms with van der Waals surface area (Å²) in [5.74, 6) is 0.970. The number of rotatable bonds is 3. The Bertz CT molecular complexity index is 921. The van der Waals surface area contributed by atoms with E-state index in [4.69, 9.17) is 4.74 Å². The topological polar surface area (TPSA) is 33.3 Å². The molecule has 0 aromatic heterocycles. The molecule has 0 saturated heterocycles. The Hall–Kier alpha value is -2.16. The van der Waals surface area contributed by atoms with Crippen molar-refractivity contribution in [2.75, 3.05) is 17.2 Å². The maximum absolute atomic E-state index is 6.11. The van der Waals surface area contributed by atoms with Crippen LogP contribution in [-0.4, -0.2) is 18.2 Å². The fourth-order valence-electron chi connectivity index (χ4n) is 4.70. The van der Waals surface area contributed by atoms with E-state index in [0.29, 0.717) is 12.6 Å². The summed E-state index contributed by atoms with van der Waals surface area (Å²) in [6.45, 7) is 16.7. The maximum atomic E-state index is 6.11. The van der Waals surface area contributed by atoms with E-state index in [1.165, 1.54) is 22.4 Å². The normalized spacial score (nSPS) is 20.2. The fourth-order valence-corrected chi connectivity index (χ4v) is 4.70. The Morgan fingerprint density at radius 1 is 0.966 bits per heavy atom. The van der Waals surface area contributed by atoms with E-state index in [2.05, 4.69) is 95.5 Å². The minimum absolute atomic E-state index is 0.0714. The quantitative estimate of drug-likeness (QED) is 0.646. The van der Waals surface area contributed by atoms with Crippen LogP contribution in [0.15, 0.2) is 36.4 Å². The van der Waals surface area contributed by atoms with Gasteiger partial charge in [0.05, 0.1) is 11.7 Å². The van der Waals surface area contributed by atoms with Gasteiger partial charge in [0.1, 0.15) is 12.4 Å². The van der Waals surface area contributed by atoms with Crippen molar-refractivity contribution < 1.29 is 4.74 Å². The molecule has 2 aromatic rings. The number of anilines is 2. The predicted molar refractivity (Wildman–Crippen MR) is 124 cm³/mol. The Kier molecular flexibility index (Phi) is 4.64. The smallest absolute Gasteiger partial charge is 0.142 e. The van der Waals surface area contributed by atoms with Gasteiger partial charge in [0.25, 0.3) is 0 Å². The van der Waals surface area contributed by atoms with Crippen molar-refractivity contribution in [1.29, 1.82) is 0 Å². The molecule has 29 heavy (non-hydrogen) atoms. The molecule has 0 aliphatic carbocycles. The van der Waals surface area contributed by atoms with E-state index in [-0.39, 0.29) is 16.4 Å². The van der Waals surface area contributed by atoms with Crippen molar-refractivity contribution in [1.82, 2.24) is 0 Å². The third-order valence-electron chi connectivity index (χ3n) is 6.39. The number of ether oxygens (including phenoxy) is 1. The zero-order valence-corrected chi connectivity index (χ0v) is 19.1. The molecule has 1 atom stereocenters. The Morgan fingerprint density at radius 3 is 2.41 bits per heavy atom. The van der Waals surface area contributed by atoms with Gasteiger partial charge in [-0.1, -0.05) is 52.8 Å². The van der Waals surface area contributed by atoms with E-state index in [0.717, 1.165) is 24.3 Å². The van der Waals surface area contributed by atoms with Gasteiger partial charge in [-0.15, -0.1) is 0 Å². The lowest BCUT2D eigenvalue weighted by Gasteiger charge is -2.35. The van der Waals surface area contributed by atoms with Crippen LogP contribution in [0.1, 0.15) is 71.6 Å². The van der Waals surface area contributed by atoms with Crippen molar-refractivity contribution in [2.45, 2.75) is 83.7 Å². The molecular weight excluding hydrogens is 356 g/mol. The van der Waals surface area contributed by atoms with Gasteiger partial charge in [0.2, 0.25) is 0 Å². The van der Waals surface area contributed by atoms with Crippen molar-refractivity contribution in [2.24, 2.45) is 0 Å². The number of hydrogen-bond donors (Lipinski definition) is 2. The van der Waals surface area contributed by atoms with Gasteiger partial charge in [-0.25, -0.2) is 0 Å². The van der Waals surface area contributed by atoms with Gasteiger partial charge in [0.15, 0.2) is 0 Å². The highest BCUT2D eigenvalue weighted by atomic mass is 16.5.